The van der Waals surface area contributed by atoms with Crippen molar-refractivity contribution in [2.24, 2.45) is 5.92 Å². The number of hydrogen-bond donors (Lipinski definition) is 1. The Kier molecular flexibility index (Phi) is 4.85. The lowest BCUT2D eigenvalue weighted by atomic mass is 10.1. The van der Waals surface area contributed by atoms with Crippen LogP contribution in [0.5, 0.6) is 5.75 Å². The van der Waals surface area contributed by atoms with Gasteiger partial charge in [-0.2, -0.15) is 5.10 Å². The normalized spacial score (nSPS) is 15.3. The van der Waals surface area contributed by atoms with Gasteiger partial charge in [0.25, 0.3) is 5.91 Å². The Morgan fingerprint density at radius 2 is 2.08 bits per heavy atom. The molecule has 6 nitrogen and oxygen atoms in total. The van der Waals surface area contributed by atoms with E-state index in [1.807, 2.05) is 30.3 Å². The van der Waals surface area contributed by atoms with Crippen LogP contribution >= 0.6 is 0 Å². The van der Waals surface area contributed by atoms with Gasteiger partial charge in [0.1, 0.15) is 0 Å². The number of carbonyl (C=O) groups is 1. The number of ether oxygens (including phenoxy) is 1. The van der Waals surface area contributed by atoms with Crippen LogP contribution in [0.1, 0.15) is 23.3 Å². The molecule has 3 rings (SSSR count). The van der Waals surface area contributed by atoms with E-state index in [1.54, 1.807) is 18.0 Å². The Morgan fingerprint density at radius 3 is 2.67 bits per heavy atom. The molecule has 1 atom stereocenters. The Morgan fingerprint density at radius 1 is 1.38 bits per heavy atom. The van der Waals surface area contributed by atoms with E-state index < -0.39 is 0 Å². The lowest BCUT2D eigenvalue weighted by Crippen LogP contribution is -2.41. The van der Waals surface area contributed by atoms with Crippen molar-refractivity contribution >= 4 is 5.91 Å². The minimum atomic E-state index is -0.200. The largest absolute Gasteiger partial charge is 0.493 e. The first kappa shape index (κ1) is 16.5. The number of methoxy groups -OCH3 is 1. The summed E-state index contributed by atoms with van der Waals surface area (Å²) < 4.78 is 6.99. The molecule has 24 heavy (non-hydrogen) atoms. The van der Waals surface area contributed by atoms with Crippen molar-refractivity contribution in [1.29, 1.82) is 0 Å². The number of para-hydroxylation sites is 1. The van der Waals surface area contributed by atoms with E-state index in [0.29, 0.717) is 29.9 Å². The average Bonchev–Trinajstić information content (AvgIpc) is 3.32. The van der Waals surface area contributed by atoms with Gasteiger partial charge in [0.05, 0.1) is 19.0 Å². The van der Waals surface area contributed by atoms with E-state index in [1.165, 1.54) is 12.8 Å². The van der Waals surface area contributed by atoms with Crippen molar-refractivity contribution < 1.29 is 9.53 Å². The van der Waals surface area contributed by atoms with Crippen molar-refractivity contribution in [3.8, 4) is 11.4 Å². The van der Waals surface area contributed by atoms with E-state index in [4.69, 9.17) is 4.74 Å². The van der Waals surface area contributed by atoms with E-state index >= 15 is 0 Å². The molecule has 1 fully saturated rings. The molecule has 1 aromatic heterocycles. The molecule has 0 unspecified atom stereocenters. The van der Waals surface area contributed by atoms with Crippen molar-refractivity contribution in [2.75, 3.05) is 27.7 Å². The van der Waals surface area contributed by atoms with Crippen LogP contribution in [0.3, 0.4) is 0 Å². The molecule has 0 spiro atoms. The molecule has 1 N–H and O–H groups in total. The molecule has 6 heteroatoms. The summed E-state index contributed by atoms with van der Waals surface area (Å²) in [5.41, 5.74) is 1.20. The number of benzene rings is 1. The van der Waals surface area contributed by atoms with E-state index in [-0.39, 0.29) is 5.91 Å². The van der Waals surface area contributed by atoms with Crippen LogP contribution < -0.4 is 10.1 Å². The quantitative estimate of drug-likeness (QED) is 0.844. The first-order valence-corrected chi connectivity index (χ1v) is 8.24. The number of likely N-dealkylation sites (N-methyl/N-ethyl adjacent to an activating group) is 1. The van der Waals surface area contributed by atoms with Gasteiger partial charge in [-0.15, -0.1) is 0 Å². The summed E-state index contributed by atoms with van der Waals surface area (Å²) in [4.78, 5) is 14.7. The molecule has 1 aliphatic rings. The fraction of sp³-hybridized carbons (Fsp3) is 0.444. The number of nitrogens with one attached hydrogen (secondary N) is 1. The van der Waals surface area contributed by atoms with Crippen LogP contribution in [0, 0.1) is 5.92 Å². The van der Waals surface area contributed by atoms with Gasteiger partial charge in [0, 0.05) is 12.6 Å². The summed E-state index contributed by atoms with van der Waals surface area (Å²) in [5.74, 6) is 0.960. The van der Waals surface area contributed by atoms with Crippen molar-refractivity contribution in [3.05, 3.63) is 42.2 Å². The van der Waals surface area contributed by atoms with Gasteiger partial charge in [0.15, 0.2) is 11.4 Å². The second-order valence-corrected chi connectivity index (χ2v) is 6.40. The second-order valence-electron chi connectivity index (χ2n) is 6.40. The predicted molar refractivity (Wildman–Crippen MR) is 92.6 cm³/mol. The zero-order chi connectivity index (χ0) is 17.1. The summed E-state index contributed by atoms with van der Waals surface area (Å²) in [6.45, 7) is 0.623. The number of hydrogen-bond acceptors (Lipinski definition) is 4. The maximum Gasteiger partial charge on any atom is 0.275 e. The molecule has 0 bridgehead atoms. The minimum Gasteiger partial charge on any atom is -0.493 e. The Balaban J connectivity index is 1.73. The molecular formula is C18H24N4O2. The standard InChI is InChI=1S/C18H24N4O2/c1-21(2)15(13-9-10-13)11-19-18(23)17-16(24-3)12-22(20-17)14-7-5-4-6-8-14/h4-8,12-13,15H,9-11H2,1-3H3,(H,19,23)/t15-/m1/s1. The number of amides is 1. The second kappa shape index (κ2) is 7.05. The van der Waals surface area contributed by atoms with Crippen LogP contribution in [0.2, 0.25) is 0 Å². The highest BCUT2D eigenvalue weighted by Crippen LogP contribution is 2.34. The average molecular weight is 328 g/mol. The van der Waals surface area contributed by atoms with Gasteiger partial charge in [-0.3, -0.25) is 4.79 Å². The van der Waals surface area contributed by atoms with Crippen LogP contribution in [-0.2, 0) is 0 Å². The van der Waals surface area contributed by atoms with Gasteiger partial charge in [-0.05, 0) is 45.0 Å². The van der Waals surface area contributed by atoms with Gasteiger partial charge >= 0.3 is 0 Å². The predicted octanol–water partition coefficient (Wildman–Crippen LogP) is 1.95. The van der Waals surface area contributed by atoms with E-state index in [0.717, 1.165) is 5.69 Å². The molecule has 1 aromatic carbocycles. The third-order valence-corrected chi connectivity index (χ3v) is 4.44. The molecule has 128 valence electrons. The maximum atomic E-state index is 12.6. The molecular weight excluding hydrogens is 304 g/mol. The van der Waals surface area contributed by atoms with Crippen molar-refractivity contribution in [1.82, 2.24) is 20.0 Å². The van der Waals surface area contributed by atoms with Gasteiger partial charge in [0.2, 0.25) is 0 Å². The molecule has 1 amide bonds. The van der Waals surface area contributed by atoms with Crippen LogP contribution in [0.15, 0.2) is 36.5 Å². The third-order valence-electron chi connectivity index (χ3n) is 4.44. The van der Waals surface area contributed by atoms with E-state index in [2.05, 4.69) is 29.4 Å². The zero-order valence-corrected chi connectivity index (χ0v) is 14.4. The Hall–Kier alpha value is -2.34. The summed E-state index contributed by atoms with van der Waals surface area (Å²) in [5, 5.41) is 7.41. The third kappa shape index (κ3) is 3.59. The van der Waals surface area contributed by atoms with Crippen LogP contribution in [0.4, 0.5) is 0 Å². The van der Waals surface area contributed by atoms with Gasteiger partial charge < -0.3 is 15.0 Å². The highest BCUT2D eigenvalue weighted by atomic mass is 16.5. The lowest BCUT2D eigenvalue weighted by Gasteiger charge is -2.24. The molecule has 1 aliphatic carbocycles. The lowest BCUT2D eigenvalue weighted by molar-refractivity contribution is 0.0930. The Labute approximate surface area is 142 Å². The SMILES string of the molecule is COc1cn(-c2ccccc2)nc1C(=O)NC[C@H](C1CC1)N(C)C. The molecule has 2 aromatic rings. The molecule has 0 radical (unpaired) electrons. The number of nitrogens with zero attached hydrogens (tertiary/aromatic N) is 3. The molecule has 1 heterocycles. The summed E-state index contributed by atoms with van der Waals surface area (Å²) in [6, 6.07) is 10.0. The number of aromatic nitrogens is 2. The highest BCUT2D eigenvalue weighted by molar-refractivity contribution is 5.95. The first-order valence-electron chi connectivity index (χ1n) is 8.24. The smallest absolute Gasteiger partial charge is 0.275 e. The highest BCUT2D eigenvalue weighted by Gasteiger charge is 2.33. The molecule has 1 saturated carbocycles. The number of carbonyl (C=O) groups excluding carboxylic acids is 1. The number of rotatable bonds is 7. The fourth-order valence-corrected chi connectivity index (χ4v) is 2.91. The fourth-order valence-electron chi connectivity index (χ4n) is 2.91. The Bertz CT molecular complexity index is 690. The summed E-state index contributed by atoms with van der Waals surface area (Å²) >= 11 is 0. The zero-order valence-electron chi connectivity index (χ0n) is 14.4. The molecule has 0 saturated heterocycles. The monoisotopic (exact) mass is 328 g/mol. The molecule has 0 aliphatic heterocycles. The van der Waals surface area contributed by atoms with Crippen molar-refractivity contribution in [2.45, 2.75) is 18.9 Å². The topological polar surface area (TPSA) is 59.4 Å². The van der Waals surface area contributed by atoms with Crippen molar-refractivity contribution in [3.63, 3.8) is 0 Å². The van der Waals surface area contributed by atoms with Crippen LogP contribution in [-0.4, -0.2) is 54.4 Å². The summed E-state index contributed by atoms with van der Waals surface area (Å²) in [6.07, 6.45) is 4.21. The van der Waals surface area contributed by atoms with E-state index in [9.17, 15) is 4.79 Å². The van der Waals surface area contributed by atoms with Gasteiger partial charge in [-0.1, -0.05) is 18.2 Å². The summed E-state index contributed by atoms with van der Waals surface area (Å²) in [7, 11) is 5.66. The maximum absolute atomic E-state index is 12.6. The first-order chi connectivity index (χ1) is 11.6. The minimum absolute atomic E-state index is 0.200. The van der Waals surface area contributed by atoms with Gasteiger partial charge in [-0.25, -0.2) is 4.68 Å². The van der Waals surface area contributed by atoms with Crippen LogP contribution in [0.25, 0.3) is 5.69 Å².